The molecule has 0 spiro atoms. The fourth-order valence-corrected chi connectivity index (χ4v) is 6.48. The Hall–Kier alpha value is -3.41. The van der Waals surface area contributed by atoms with Crippen molar-refractivity contribution in [3.05, 3.63) is 85.1 Å². The van der Waals surface area contributed by atoms with E-state index in [2.05, 4.69) is 81.5 Å². The number of carbonyl (C=O) groups excluding carboxylic acids is 3. The summed E-state index contributed by atoms with van der Waals surface area (Å²) in [5, 5.41) is 0. The molecule has 0 bridgehead atoms. The summed E-state index contributed by atoms with van der Waals surface area (Å²) < 4.78 is 16.7. The molecule has 0 aromatic carbocycles. The van der Waals surface area contributed by atoms with Gasteiger partial charge in [0.1, 0.15) is 13.2 Å². The highest BCUT2D eigenvalue weighted by Gasteiger charge is 2.19. The molecule has 6 heteroatoms. The van der Waals surface area contributed by atoms with Crippen molar-refractivity contribution >= 4 is 17.9 Å². The third-order valence-corrected chi connectivity index (χ3v) is 10.2. The zero-order valence-corrected chi connectivity index (χ0v) is 38.9. The maximum atomic E-state index is 12.8. The Morgan fingerprint density at radius 1 is 0.350 bits per heavy atom. The van der Waals surface area contributed by atoms with E-state index in [1.54, 1.807) is 0 Å². The van der Waals surface area contributed by atoms with Gasteiger partial charge in [-0.25, -0.2) is 0 Å². The molecule has 1 unspecified atom stereocenters. The van der Waals surface area contributed by atoms with Crippen LogP contribution >= 0.6 is 0 Å². The number of hydrogen-bond acceptors (Lipinski definition) is 6. The second-order valence-corrected chi connectivity index (χ2v) is 16.1. The van der Waals surface area contributed by atoms with E-state index in [-0.39, 0.29) is 31.1 Å². The highest BCUT2D eigenvalue weighted by molar-refractivity contribution is 5.71. The fraction of sp³-hybridized carbons (Fsp3) is 0.685. The van der Waals surface area contributed by atoms with Gasteiger partial charge in [0.05, 0.1) is 0 Å². The first kappa shape index (κ1) is 56.6. The SMILES string of the molecule is CC\C=C/C=C\C=C/C=C\CCCCCCCC(=O)OC(COC(=O)CCCCC/C=C\C=C/CCCC)COC(=O)CCCCCCC/C=C\CCCCCCCCC. The number of allylic oxidation sites excluding steroid dienone is 14. The first-order chi connectivity index (χ1) is 29.5. The van der Waals surface area contributed by atoms with Crippen LogP contribution in [-0.2, 0) is 28.6 Å². The van der Waals surface area contributed by atoms with Crippen LogP contribution < -0.4 is 0 Å². The number of esters is 3. The Kier molecular flexibility index (Phi) is 45.5. The second-order valence-electron chi connectivity index (χ2n) is 16.1. The summed E-state index contributed by atoms with van der Waals surface area (Å²) in [6, 6.07) is 0. The molecule has 0 aliphatic rings. The Bertz CT molecular complexity index is 1190. The molecule has 342 valence electrons. The molecule has 0 heterocycles. The summed E-state index contributed by atoms with van der Waals surface area (Å²) in [6.45, 7) is 6.38. The number of unbranched alkanes of at least 4 members (excludes halogenated alkanes) is 22. The monoisotopic (exact) mass is 835 g/mol. The predicted molar refractivity (Wildman–Crippen MR) is 256 cm³/mol. The molecule has 0 radical (unpaired) electrons. The van der Waals surface area contributed by atoms with Crippen LogP contribution in [0.4, 0.5) is 0 Å². The van der Waals surface area contributed by atoms with E-state index in [1.165, 1.54) is 77.0 Å². The molecule has 0 amide bonds. The van der Waals surface area contributed by atoms with Gasteiger partial charge in [0, 0.05) is 19.3 Å². The van der Waals surface area contributed by atoms with E-state index >= 15 is 0 Å². The molecule has 0 saturated carbocycles. The summed E-state index contributed by atoms with van der Waals surface area (Å²) >= 11 is 0. The van der Waals surface area contributed by atoms with E-state index in [1.807, 2.05) is 24.3 Å². The highest BCUT2D eigenvalue weighted by atomic mass is 16.6. The van der Waals surface area contributed by atoms with Crippen molar-refractivity contribution in [2.75, 3.05) is 13.2 Å². The zero-order chi connectivity index (χ0) is 43.7. The lowest BCUT2D eigenvalue weighted by atomic mass is 10.1. The van der Waals surface area contributed by atoms with Crippen LogP contribution in [0.15, 0.2) is 85.1 Å². The molecule has 0 fully saturated rings. The van der Waals surface area contributed by atoms with Crippen molar-refractivity contribution in [3.8, 4) is 0 Å². The quantitative estimate of drug-likeness (QED) is 0.0200. The minimum atomic E-state index is -0.802. The molecule has 0 saturated heterocycles. The predicted octanol–water partition coefficient (Wildman–Crippen LogP) is 16.0. The summed E-state index contributed by atoms with van der Waals surface area (Å²) in [6.07, 6.45) is 61.4. The first-order valence-corrected chi connectivity index (χ1v) is 24.7. The van der Waals surface area contributed by atoms with Crippen molar-refractivity contribution in [2.45, 2.75) is 226 Å². The zero-order valence-electron chi connectivity index (χ0n) is 38.9. The number of carbonyl (C=O) groups is 3. The lowest BCUT2D eigenvalue weighted by Gasteiger charge is -2.18. The molecule has 0 rings (SSSR count). The number of rotatable bonds is 43. The van der Waals surface area contributed by atoms with Gasteiger partial charge in [-0.05, 0) is 83.5 Å². The van der Waals surface area contributed by atoms with Crippen molar-refractivity contribution < 1.29 is 28.6 Å². The average Bonchev–Trinajstić information content (AvgIpc) is 3.24. The van der Waals surface area contributed by atoms with Crippen LogP contribution in [-0.4, -0.2) is 37.2 Å². The lowest BCUT2D eigenvalue weighted by molar-refractivity contribution is -0.167. The maximum Gasteiger partial charge on any atom is 0.306 e. The number of hydrogen-bond donors (Lipinski definition) is 0. The van der Waals surface area contributed by atoms with Gasteiger partial charge in [-0.2, -0.15) is 0 Å². The van der Waals surface area contributed by atoms with Gasteiger partial charge in [0.15, 0.2) is 6.10 Å². The second kappa shape index (κ2) is 48.3. The van der Waals surface area contributed by atoms with Gasteiger partial charge < -0.3 is 14.2 Å². The van der Waals surface area contributed by atoms with Crippen LogP contribution in [0.25, 0.3) is 0 Å². The van der Waals surface area contributed by atoms with Gasteiger partial charge in [-0.1, -0.05) is 202 Å². The minimum absolute atomic E-state index is 0.100. The smallest absolute Gasteiger partial charge is 0.306 e. The van der Waals surface area contributed by atoms with E-state index in [0.717, 1.165) is 103 Å². The summed E-state index contributed by atoms with van der Waals surface area (Å²) in [7, 11) is 0. The van der Waals surface area contributed by atoms with Crippen LogP contribution in [0.3, 0.4) is 0 Å². The minimum Gasteiger partial charge on any atom is -0.462 e. The molecular weight excluding hydrogens is 745 g/mol. The molecule has 0 aliphatic heterocycles. The largest absolute Gasteiger partial charge is 0.462 e. The van der Waals surface area contributed by atoms with Crippen LogP contribution in [0.5, 0.6) is 0 Å². The van der Waals surface area contributed by atoms with Crippen molar-refractivity contribution in [1.82, 2.24) is 0 Å². The van der Waals surface area contributed by atoms with Gasteiger partial charge in [-0.15, -0.1) is 0 Å². The lowest BCUT2D eigenvalue weighted by Crippen LogP contribution is -2.30. The van der Waals surface area contributed by atoms with E-state index in [0.29, 0.717) is 19.3 Å². The van der Waals surface area contributed by atoms with Crippen molar-refractivity contribution in [3.63, 3.8) is 0 Å². The van der Waals surface area contributed by atoms with Gasteiger partial charge >= 0.3 is 17.9 Å². The summed E-state index contributed by atoms with van der Waals surface area (Å²) in [5.41, 5.74) is 0. The molecule has 60 heavy (non-hydrogen) atoms. The molecule has 0 aromatic heterocycles. The Balaban J connectivity index is 4.46. The van der Waals surface area contributed by atoms with Gasteiger partial charge in [0.25, 0.3) is 0 Å². The van der Waals surface area contributed by atoms with E-state index in [4.69, 9.17) is 14.2 Å². The Morgan fingerprint density at radius 2 is 0.683 bits per heavy atom. The maximum absolute atomic E-state index is 12.8. The summed E-state index contributed by atoms with van der Waals surface area (Å²) in [5.74, 6) is -0.964. The molecule has 1 atom stereocenters. The van der Waals surface area contributed by atoms with E-state index in [9.17, 15) is 14.4 Å². The van der Waals surface area contributed by atoms with Crippen LogP contribution in [0.1, 0.15) is 220 Å². The topological polar surface area (TPSA) is 78.9 Å². The Labute approximate surface area is 369 Å². The Morgan fingerprint density at radius 3 is 1.15 bits per heavy atom. The standard InChI is InChI=1S/C54H90O6/c1-4-7-10-13-16-19-22-24-26-28-29-32-35-38-41-44-47-53(56)59-50-51(49-58-52(55)46-43-40-37-34-31-21-18-15-12-9-6-3)60-54(57)48-45-42-39-36-33-30-27-25-23-20-17-14-11-8-5-2/h8,11,14-15,17-18,20-21,23,25-28,31,51H,4-7,9-10,12-13,16,19,22,24,29-30,32-50H2,1-3H3/b11-8-,17-14-,18-15-,23-20-,27-25-,28-26-,31-21-. The number of ether oxygens (including phenoxy) is 3. The van der Waals surface area contributed by atoms with Crippen molar-refractivity contribution in [1.29, 1.82) is 0 Å². The third-order valence-electron chi connectivity index (χ3n) is 10.2. The fourth-order valence-electron chi connectivity index (χ4n) is 6.48. The average molecular weight is 835 g/mol. The van der Waals surface area contributed by atoms with Crippen LogP contribution in [0.2, 0.25) is 0 Å². The first-order valence-electron chi connectivity index (χ1n) is 24.7. The van der Waals surface area contributed by atoms with Gasteiger partial charge in [-0.3, -0.25) is 14.4 Å². The normalized spacial score (nSPS) is 12.8. The van der Waals surface area contributed by atoms with Crippen LogP contribution in [0, 0.1) is 0 Å². The van der Waals surface area contributed by atoms with Crippen molar-refractivity contribution in [2.24, 2.45) is 0 Å². The molecule has 0 aliphatic carbocycles. The molecular formula is C54H90O6. The summed E-state index contributed by atoms with van der Waals surface area (Å²) in [4.78, 5) is 37.9. The third kappa shape index (κ3) is 45.7. The molecule has 0 N–H and O–H groups in total. The highest BCUT2D eigenvalue weighted by Crippen LogP contribution is 2.13. The molecule has 6 nitrogen and oxygen atoms in total. The molecule has 0 aromatic rings. The van der Waals surface area contributed by atoms with E-state index < -0.39 is 6.10 Å². The van der Waals surface area contributed by atoms with Gasteiger partial charge in [0.2, 0.25) is 0 Å².